The van der Waals surface area contributed by atoms with Crippen molar-refractivity contribution in [3.8, 4) is 0 Å². The summed E-state index contributed by atoms with van der Waals surface area (Å²) in [5.41, 5.74) is 1.24. The summed E-state index contributed by atoms with van der Waals surface area (Å²) in [6.45, 7) is 3.40. The summed E-state index contributed by atoms with van der Waals surface area (Å²) in [5.74, 6) is 0.855. The number of ether oxygens (including phenoxy) is 2. The van der Waals surface area contributed by atoms with Crippen molar-refractivity contribution >= 4 is 21.9 Å². The van der Waals surface area contributed by atoms with Crippen LogP contribution in [0.4, 0.5) is 0 Å². The highest BCUT2D eigenvalue weighted by atomic mass is 79.9. The highest BCUT2D eigenvalue weighted by molar-refractivity contribution is 9.10. The molecule has 0 fully saturated rings. The van der Waals surface area contributed by atoms with Crippen LogP contribution < -0.4 is 5.32 Å². The van der Waals surface area contributed by atoms with Crippen molar-refractivity contribution in [2.45, 2.75) is 6.54 Å². The summed E-state index contributed by atoms with van der Waals surface area (Å²) >= 11 is 3.44. The number of nitrogens with one attached hydrogen (secondary N) is 1. The van der Waals surface area contributed by atoms with Crippen LogP contribution in [0.15, 0.2) is 33.7 Å². The fourth-order valence-electron chi connectivity index (χ4n) is 1.80. The molecule has 0 heterocycles. The summed E-state index contributed by atoms with van der Waals surface area (Å²) < 4.78 is 11.4. The first kappa shape index (κ1) is 17.9. The summed E-state index contributed by atoms with van der Waals surface area (Å²) in [7, 11) is 5.47. The molecular formula is C15H24BrN3O2. The molecule has 1 aromatic rings. The molecule has 1 rings (SSSR count). The van der Waals surface area contributed by atoms with Gasteiger partial charge in [0, 0.05) is 38.8 Å². The fraction of sp³-hybridized carbons (Fsp3) is 0.533. The number of benzene rings is 1. The molecule has 0 bridgehead atoms. The van der Waals surface area contributed by atoms with Crippen LogP contribution >= 0.6 is 15.9 Å². The summed E-state index contributed by atoms with van der Waals surface area (Å²) in [6, 6.07) is 8.29. The zero-order chi connectivity index (χ0) is 15.5. The zero-order valence-electron chi connectivity index (χ0n) is 12.9. The molecule has 0 spiro atoms. The molecule has 1 aromatic carbocycles. The van der Waals surface area contributed by atoms with Gasteiger partial charge in [0.25, 0.3) is 0 Å². The molecule has 6 heteroatoms. The first-order valence-corrected chi connectivity index (χ1v) is 7.69. The summed E-state index contributed by atoms with van der Waals surface area (Å²) in [6.07, 6.45) is 0. The van der Waals surface area contributed by atoms with Gasteiger partial charge in [-0.3, -0.25) is 4.99 Å². The Morgan fingerprint density at radius 1 is 1.24 bits per heavy atom. The van der Waals surface area contributed by atoms with Crippen LogP contribution in [0.5, 0.6) is 0 Å². The minimum absolute atomic E-state index is 0.617. The van der Waals surface area contributed by atoms with E-state index < -0.39 is 0 Å². The zero-order valence-corrected chi connectivity index (χ0v) is 14.5. The maximum Gasteiger partial charge on any atom is 0.193 e. The van der Waals surface area contributed by atoms with Crippen LogP contribution in [0, 0.1) is 0 Å². The van der Waals surface area contributed by atoms with Gasteiger partial charge in [0.15, 0.2) is 5.96 Å². The minimum atomic E-state index is 0.617. The number of guanidine groups is 1. The molecule has 1 N–H and O–H groups in total. The number of aliphatic imine (C=N–C) groups is 1. The molecule has 0 aliphatic heterocycles. The number of nitrogens with zero attached hydrogens (tertiary/aromatic N) is 2. The summed E-state index contributed by atoms with van der Waals surface area (Å²) in [4.78, 5) is 6.36. The van der Waals surface area contributed by atoms with Crippen LogP contribution in [-0.2, 0) is 16.0 Å². The molecule has 0 unspecified atom stereocenters. The first-order valence-electron chi connectivity index (χ1n) is 6.90. The molecular weight excluding hydrogens is 334 g/mol. The lowest BCUT2D eigenvalue weighted by Crippen LogP contribution is -2.40. The third-order valence-corrected chi connectivity index (χ3v) is 3.40. The average molecular weight is 358 g/mol. The maximum atomic E-state index is 5.41. The van der Waals surface area contributed by atoms with Gasteiger partial charge in [-0.15, -0.1) is 0 Å². The molecule has 5 nitrogen and oxygen atoms in total. The standard InChI is InChI=1S/C15H24BrN3O2/c1-17-15(18-8-9-21-11-10-20-3)19(2)12-13-4-6-14(16)7-5-13/h4-7H,8-12H2,1-3H3,(H,17,18). The lowest BCUT2D eigenvalue weighted by atomic mass is 10.2. The van der Waals surface area contributed by atoms with Crippen molar-refractivity contribution in [2.24, 2.45) is 4.99 Å². The first-order chi connectivity index (χ1) is 10.2. The Kier molecular flexibility index (Phi) is 9.05. The molecule has 118 valence electrons. The van der Waals surface area contributed by atoms with Crippen LogP contribution in [0.25, 0.3) is 0 Å². The second-order valence-corrected chi connectivity index (χ2v) is 5.48. The van der Waals surface area contributed by atoms with Gasteiger partial charge in [0.2, 0.25) is 0 Å². The number of halogens is 1. The molecule has 0 saturated heterocycles. The van der Waals surface area contributed by atoms with Gasteiger partial charge in [-0.2, -0.15) is 0 Å². The Bertz CT molecular complexity index is 423. The van der Waals surface area contributed by atoms with Gasteiger partial charge in [-0.05, 0) is 17.7 Å². The second kappa shape index (κ2) is 10.6. The van der Waals surface area contributed by atoms with E-state index >= 15 is 0 Å². The van der Waals surface area contributed by atoms with E-state index in [2.05, 4.69) is 43.3 Å². The quantitative estimate of drug-likeness (QED) is 0.439. The van der Waals surface area contributed by atoms with Gasteiger partial charge < -0.3 is 19.7 Å². The van der Waals surface area contributed by atoms with E-state index in [0.29, 0.717) is 19.8 Å². The number of hydrogen-bond acceptors (Lipinski definition) is 3. The van der Waals surface area contributed by atoms with Gasteiger partial charge in [-0.25, -0.2) is 0 Å². The fourth-order valence-corrected chi connectivity index (χ4v) is 2.07. The molecule has 0 radical (unpaired) electrons. The molecule has 21 heavy (non-hydrogen) atoms. The SMILES string of the molecule is CN=C(NCCOCCOC)N(C)Cc1ccc(Br)cc1. The average Bonchev–Trinajstić information content (AvgIpc) is 2.49. The van der Waals surface area contributed by atoms with Crippen molar-refractivity contribution in [1.29, 1.82) is 0 Å². The van der Waals surface area contributed by atoms with Gasteiger partial charge >= 0.3 is 0 Å². The van der Waals surface area contributed by atoms with Gasteiger partial charge in [0.1, 0.15) is 0 Å². The van der Waals surface area contributed by atoms with E-state index in [4.69, 9.17) is 9.47 Å². The van der Waals surface area contributed by atoms with Crippen molar-refractivity contribution in [2.75, 3.05) is 47.6 Å². The lowest BCUT2D eigenvalue weighted by molar-refractivity contribution is 0.0731. The Balaban J connectivity index is 2.32. The molecule has 0 saturated carbocycles. The molecule has 0 amide bonds. The van der Waals surface area contributed by atoms with E-state index in [1.807, 2.05) is 19.2 Å². The predicted octanol–water partition coefficient (Wildman–Crippen LogP) is 2.12. The highest BCUT2D eigenvalue weighted by Crippen LogP contribution is 2.11. The number of rotatable bonds is 8. The topological polar surface area (TPSA) is 46.1 Å². The molecule has 0 aromatic heterocycles. The lowest BCUT2D eigenvalue weighted by Gasteiger charge is -2.22. The van der Waals surface area contributed by atoms with E-state index in [0.717, 1.165) is 23.5 Å². The maximum absolute atomic E-state index is 5.41. The van der Waals surface area contributed by atoms with Crippen LogP contribution in [0.2, 0.25) is 0 Å². The van der Waals surface area contributed by atoms with E-state index in [1.54, 1.807) is 14.2 Å². The van der Waals surface area contributed by atoms with Crippen molar-refractivity contribution < 1.29 is 9.47 Å². The third kappa shape index (κ3) is 7.45. The van der Waals surface area contributed by atoms with Crippen molar-refractivity contribution in [1.82, 2.24) is 10.2 Å². The number of hydrogen-bond donors (Lipinski definition) is 1. The Labute approximate surface area is 135 Å². The van der Waals surface area contributed by atoms with E-state index in [1.165, 1.54) is 5.56 Å². The molecule has 0 aliphatic carbocycles. The van der Waals surface area contributed by atoms with Crippen LogP contribution in [-0.4, -0.2) is 58.4 Å². The van der Waals surface area contributed by atoms with Crippen LogP contribution in [0.1, 0.15) is 5.56 Å². The van der Waals surface area contributed by atoms with Gasteiger partial charge in [0.05, 0.1) is 19.8 Å². The molecule has 0 atom stereocenters. The second-order valence-electron chi connectivity index (χ2n) is 4.56. The number of methoxy groups -OCH3 is 1. The Hall–Kier alpha value is -1.11. The Morgan fingerprint density at radius 2 is 1.95 bits per heavy atom. The van der Waals surface area contributed by atoms with E-state index in [-0.39, 0.29) is 0 Å². The Morgan fingerprint density at radius 3 is 2.57 bits per heavy atom. The third-order valence-electron chi connectivity index (χ3n) is 2.87. The van der Waals surface area contributed by atoms with Gasteiger partial charge in [-0.1, -0.05) is 28.1 Å². The van der Waals surface area contributed by atoms with Crippen molar-refractivity contribution in [3.63, 3.8) is 0 Å². The van der Waals surface area contributed by atoms with E-state index in [9.17, 15) is 0 Å². The largest absolute Gasteiger partial charge is 0.382 e. The summed E-state index contributed by atoms with van der Waals surface area (Å²) in [5, 5.41) is 3.28. The monoisotopic (exact) mass is 357 g/mol. The smallest absolute Gasteiger partial charge is 0.193 e. The van der Waals surface area contributed by atoms with Crippen molar-refractivity contribution in [3.05, 3.63) is 34.3 Å². The predicted molar refractivity (Wildman–Crippen MR) is 89.7 cm³/mol. The minimum Gasteiger partial charge on any atom is -0.382 e. The molecule has 0 aliphatic rings. The highest BCUT2D eigenvalue weighted by Gasteiger charge is 2.06. The normalized spacial score (nSPS) is 11.5. The van der Waals surface area contributed by atoms with Crippen LogP contribution in [0.3, 0.4) is 0 Å².